The lowest BCUT2D eigenvalue weighted by atomic mass is 10.1. The van der Waals surface area contributed by atoms with Crippen LogP contribution in [0.5, 0.6) is 0 Å². The highest BCUT2D eigenvalue weighted by Crippen LogP contribution is 2.24. The molecule has 4 nitrogen and oxygen atoms in total. The van der Waals surface area contributed by atoms with Crippen molar-refractivity contribution in [2.45, 2.75) is 6.10 Å². The van der Waals surface area contributed by atoms with Crippen LogP contribution in [0.25, 0.3) is 0 Å². The zero-order valence-electron chi connectivity index (χ0n) is 8.81. The highest BCUT2D eigenvalue weighted by molar-refractivity contribution is 6.02. The standard InChI is InChI=1S/C12H9FN2O2/c1-2-7-14-12-15-11(16)10(17-12)8-5-3-4-6-9(8)13/h1,3-6,10H,7H2,(H,14,15,16). The fourth-order valence-electron chi connectivity index (χ4n) is 1.45. The Morgan fingerprint density at radius 3 is 3.00 bits per heavy atom. The van der Waals surface area contributed by atoms with E-state index in [1.165, 1.54) is 12.1 Å². The summed E-state index contributed by atoms with van der Waals surface area (Å²) < 4.78 is 18.7. The van der Waals surface area contributed by atoms with Gasteiger partial charge in [0.2, 0.25) is 6.10 Å². The van der Waals surface area contributed by atoms with Crippen LogP contribution in [-0.2, 0) is 9.53 Å². The molecule has 1 aromatic carbocycles. The summed E-state index contributed by atoms with van der Waals surface area (Å²) >= 11 is 0. The molecule has 1 aromatic rings. The Labute approximate surface area is 97.5 Å². The largest absolute Gasteiger partial charge is 0.446 e. The molecule has 86 valence electrons. The molecular formula is C12H9FN2O2. The summed E-state index contributed by atoms with van der Waals surface area (Å²) in [5.41, 5.74) is 0.177. The third-order valence-corrected chi connectivity index (χ3v) is 2.20. The summed E-state index contributed by atoms with van der Waals surface area (Å²) in [5.74, 6) is 1.34. The zero-order valence-corrected chi connectivity index (χ0v) is 8.81. The van der Waals surface area contributed by atoms with Crippen molar-refractivity contribution in [3.05, 3.63) is 35.6 Å². The molecular weight excluding hydrogens is 223 g/mol. The van der Waals surface area contributed by atoms with E-state index >= 15 is 0 Å². The molecule has 0 bridgehead atoms. The van der Waals surface area contributed by atoms with Crippen molar-refractivity contribution >= 4 is 11.9 Å². The van der Waals surface area contributed by atoms with Gasteiger partial charge in [0.25, 0.3) is 11.9 Å². The maximum atomic E-state index is 13.5. The Morgan fingerprint density at radius 2 is 2.29 bits per heavy atom. The monoisotopic (exact) mass is 232 g/mol. The minimum Gasteiger partial charge on any atom is -0.446 e. The van der Waals surface area contributed by atoms with E-state index in [-0.39, 0.29) is 18.1 Å². The van der Waals surface area contributed by atoms with Crippen LogP contribution < -0.4 is 5.32 Å². The van der Waals surface area contributed by atoms with Gasteiger partial charge in [-0.25, -0.2) is 9.38 Å². The number of amides is 1. The summed E-state index contributed by atoms with van der Waals surface area (Å²) in [6, 6.07) is 5.96. The highest BCUT2D eigenvalue weighted by Gasteiger charge is 2.33. The molecule has 1 aliphatic heterocycles. The Morgan fingerprint density at radius 1 is 1.53 bits per heavy atom. The average Bonchev–Trinajstić information content (AvgIpc) is 2.68. The van der Waals surface area contributed by atoms with E-state index in [2.05, 4.69) is 16.2 Å². The number of ether oxygens (including phenoxy) is 1. The van der Waals surface area contributed by atoms with Gasteiger partial charge in [0, 0.05) is 5.56 Å². The number of terminal acetylenes is 1. The van der Waals surface area contributed by atoms with Crippen molar-refractivity contribution in [1.29, 1.82) is 0 Å². The number of halogens is 1. The van der Waals surface area contributed by atoms with Crippen LogP contribution in [0.1, 0.15) is 11.7 Å². The van der Waals surface area contributed by atoms with Gasteiger partial charge in [-0.1, -0.05) is 24.1 Å². The molecule has 0 aliphatic carbocycles. The Bertz CT molecular complexity index is 519. The van der Waals surface area contributed by atoms with Crippen LogP contribution in [0.3, 0.4) is 0 Å². The third-order valence-electron chi connectivity index (χ3n) is 2.20. The SMILES string of the molecule is C#CCN=C1NC(=O)C(c2ccccc2F)O1. The Balaban J connectivity index is 2.22. The smallest absolute Gasteiger partial charge is 0.293 e. The van der Waals surface area contributed by atoms with Crippen molar-refractivity contribution in [2.24, 2.45) is 4.99 Å². The van der Waals surface area contributed by atoms with Gasteiger partial charge in [0.1, 0.15) is 12.4 Å². The summed E-state index contributed by atoms with van der Waals surface area (Å²) in [7, 11) is 0. The second kappa shape index (κ2) is 4.66. The van der Waals surface area contributed by atoms with Crippen molar-refractivity contribution in [3.8, 4) is 12.3 Å². The van der Waals surface area contributed by atoms with E-state index in [0.29, 0.717) is 0 Å². The first kappa shape index (κ1) is 11.1. The topological polar surface area (TPSA) is 50.7 Å². The summed E-state index contributed by atoms with van der Waals surface area (Å²) in [5, 5.41) is 2.39. The van der Waals surface area contributed by atoms with Crippen LogP contribution in [0.2, 0.25) is 0 Å². The molecule has 0 aromatic heterocycles. The predicted octanol–water partition coefficient (Wildman–Crippen LogP) is 1.00. The number of nitrogens with zero attached hydrogens (tertiary/aromatic N) is 1. The molecule has 1 fully saturated rings. The first-order valence-electron chi connectivity index (χ1n) is 4.92. The fraction of sp³-hybridized carbons (Fsp3) is 0.167. The normalized spacial score (nSPS) is 20.8. The second-order valence-electron chi connectivity index (χ2n) is 3.33. The molecule has 5 heteroatoms. The molecule has 1 unspecified atom stereocenters. The summed E-state index contributed by atoms with van der Waals surface area (Å²) in [6.45, 7) is 0.0968. The molecule has 1 heterocycles. The molecule has 1 amide bonds. The van der Waals surface area contributed by atoms with Gasteiger partial charge in [-0.2, -0.15) is 0 Å². The van der Waals surface area contributed by atoms with Crippen molar-refractivity contribution in [3.63, 3.8) is 0 Å². The van der Waals surface area contributed by atoms with Crippen LogP contribution in [0.4, 0.5) is 4.39 Å². The molecule has 0 saturated carbocycles. The molecule has 0 spiro atoms. The van der Waals surface area contributed by atoms with Crippen LogP contribution in [0, 0.1) is 18.2 Å². The first-order chi connectivity index (χ1) is 8.22. The number of carbonyl (C=O) groups excluding carboxylic acids is 1. The lowest BCUT2D eigenvalue weighted by Gasteiger charge is -2.07. The van der Waals surface area contributed by atoms with Crippen molar-refractivity contribution < 1.29 is 13.9 Å². The Kier molecular flexibility index (Phi) is 3.06. The van der Waals surface area contributed by atoms with E-state index in [0.717, 1.165) is 0 Å². The van der Waals surface area contributed by atoms with E-state index in [1.807, 2.05) is 0 Å². The maximum absolute atomic E-state index is 13.5. The van der Waals surface area contributed by atoms with Crippen LogP contribution >= 0.6 is 0 Å². The second-order valence-corrected chi connectivity index (χ2v) is 3.33. The number of rotatable bonds is 2. The number of aliphatic imine (C=N–C) groups is 1. The lowest BCUT2D eigenvalue weighted by molar-refractivity contribution is -0.123. The molecule has 0 radical (unpaired) electrons. The highest BCUT2D eigenvalue weighted by atomic mass is 19.1. The molecule has 1 aliphatic rings. The van der Waals surface area contributed by atoms with Gasteiger partial charge < -0.3 is 4.74 Å². The summed E-state index contributed by atoms with van der Waals surface area (Å²) in [6.07, 6.45) is 4.02. The van der Waals surface area contributed by atoms with Gasteiger partial charge in [-0.15, -0.1) is 6.42 Å². The summed E-state index contributed by atoms with van der Waals surface area (Å²) in [4.78, 5) is 15.4. The lowest BCUT2D eigenvalue weighted by Crippen LogP contribution is -2.22. The van der Waals surface area contributed by atoms with Gasteiger partial charge in [-0.05, 0) is 6.07 Å². The average molecular weight is 232 g/mol. The molecule has 17 heavy (non-hydrogen) atoms. The molecule has 1 N–H and O–H groups in total. The number of hydrogen-bond acceptors (Lipinski definition) is 3. The van der Waals surface area contributed by atoms with Gasteiger partial charge >= 0.3 is 0 Å². The number of carbonyl (C=O) groups is 1. The first-order valence-corrected chi connectivity index (χ1v) is 4.92. The number of hydrogen-bond donors (Lipinski definition) is 1. The van der Waals surface area contributed by atoms with E-state index in [1.54, 1.807) is 12.1 Å². The van der Waals surface area contributed by atoms with Gasteiger partial charge in [0.05, 0.1) is 0 Å². The van der Waals surface area contributed by atoms with Crippen molar-refractivity contribution in [2.75, 3.05) is 6.54 Å². The van der Waals surface area contributed by atoms with Gasteiger partial charge in [-0.3, -0.25) is 10.1 Å². The number of benzene rings is 1. The minimum absolute atomic E-state index is 0.0289. The fourth-order valence-corrected chi connectivity index (χ4v) is 1.45. The molecule has 1 saturated heterocycles. The van der Waals surface area contributed by atoms with E-state index in [4.69, 9.17) is 11.2 Å². The Hall–Kier alpha value is -2.35. The third kappa shape index (κ3) is 2.26. The number of nitrogens with one attached hydrogen (secondary N) is 1. The minimum atomic E-state index is -1.01. The molecule has 1 atom stereocenters. The van der Waals surface area contributed by atoms with Crippen LogP contribution in [0.15, 0.2) is 29.3 Å². The predicted molar refractivity (Wildman–Crippen MR) is 59.5 cm³/mol. The maximum Gasteiger partial charge on any atom is 0.293 e. The van der Waals surface area contributed by atoms with E-state index in [9.17, 15) is 9.18 Å². The van der Waals surface area contributed by atoms with Gasteiger partial charge in [0.15, 0.2) is 0 Å². The number of amidine groups is 1. The van der Waals surface area contributed by atoms with E-state index < -0.39 is 17.8 Å². The van der Waals surface area contributed by atoms with Crippen LogP contribution in [-0.4, -0.2) is 18.5 Å². The molecule has 2 rings (SSSR count). The quantitative estimate of drug-likeness (QED) is 0.773. The zero-order chi connectivity index (χ0) is 12.3. The van der Waals surface area contributed by atoms with Crippen molar-refractivity contribution in [1.82, 2.24) is 5.32 Å².